The van der Waals surface area contributed by atoms with Crippen LogP contribution >= 0.6 is 11.6 Å². The van der Waals surface area contributed by atoms with Crippen molar-refractivity contribution in [2.24, 2.45) is 0 Å². The van der Waals surface area contributed by atoms with Crippen LogP contribution < -0.4 is 5.32 Å². The molecule has 0 fully saturated rings. The van der Waals surface area contributed by atoms with E-state index < -0.39 is 14.2 Å². The van der Waals surface area contributed by atoms with Crippen molar-refractivity contribution in [3.8, 4) is 0 Å². The molecule has 0 saturated carbocycles. The Morgan fingerprint density at radius 1 is 1.54 bits per heavy atom. The van der Waals surface area contributed by atoms with Crippen LogP contribution in [0.25, 0.3) is 0 Å². The van der Waals surface area contributed by atoms with Crippen molar-refractivity contribution >= 4 is 26.3 Å². The summed E-state index contributed by atoms with van der Waals surface area (Å²) in [5.74, 6) is -0.303. The Morgan fingerprint density at radius 3 is 2.46 bits per heavy atom. The molecule has 0 spiro atoms. The monoisotopic (exact) mass is 227 g/mol. The molecule has 0 aliphatic carbocycles. The van der Waals surface area contributed by atoms with E-state index in [2.05, 4.69) is 5.32 Å². The van der Waals surface area contributed by atoms with Gasteiger partial charge < -0.3 is 19.7 Å². The fraction of sp³-hybridized carbons (Fsp3) is 0.833. The molecule has 0 aromatic rings. The molecule has 0 aromatic carbocycles. The van der Waals surface area contributed by atoms with E-state index in [1.807, 2.05) is 0 Å². The van der Waals surface area contributed by atoms with E-state index in [0.29, 0.717) is 6.42 Å². The molecule has 0 radical (unpaired) electrons. The van der Waals surface area contributed by atoms with Gasteiger partial charge in [0.15, 0.2) is 0 Å². The molecule has 4 N–H and O–H groups in total. The van der Waals surface area contributed by atoms with Crippen LogP contribution in [0.15, 0.2) is 0 Å². The number of hydrogen-bond donors (Lipinski definition) is 4. The van der Waals surface area contributed by atoms with Crippen molar-refractivity contribution in [2.75, 3.05) is 6.54 Å². The van der Waals surface area contributed by atoms with Gasteiger partial charge in [-0.3, -0.25) is 4.79 Å². The highest BCUT2D eigenvalue weighted by molar-refractivity contribution is 6.56. The summed E-state index contributed by atoms with van der Waals surface area (Å²) in [4.78, 5) is 36.7. The van der Waals surface area contributed by atoms with Crippen LogP contribution in [0.4, 0.5) is 0 Å². The minimum absolute atomic E-state index is 0.0794. The summed E-state index contributed by atoms with van der Waals surface area (Å²) < 4.78 is 0. The van der Waals surface area contributed by atoms with Crippen LogP contribution in [0, 0.1) is 0 Å². The highest BCUT2D eigenvalue weighted by atomic mass is 35.5. The van der Waals surface area contributed by atoms with E-state index in [9.17, 15) is 4.79 Å². The summed E-state index contributed by atoms with van der Waals surface area (Å²) in [6.45, 7) is 1.83. The summed E-state index contributed by atoms with van der Waals surface area (Å²) in [6.07, 6.45) is 0.324. The van der Waals surface area contributed by atoms with Gasteiger partial charge >= 0.3 is 8.80 Å². The molecule has 0 aliphatic rings. The van der Waals surface area contributed by atoms with Crippen molar-refractivity contribution in [1.82, 2.24) is 5.32 Å². The molecular formula is C6H14ClNO4Si. The second-order valence-electron chi connectivity index (χ2n) is 2.78. The van der Waals surface area contributed by atoms with Gasteiger partial charge in [-0.25, -0.2) is 0 Å². The quantitative estimate of drug-likeness (QED) is 0.277. The molecule has 0 rings (SSSR count). The lowest BCUT2D eigenvalue weighted by atomic mass is 10.4. The van der Waals surface area contributed by atoms with Crippen LogP contribution in [0.3, 0.4) is 0 Å². The third-order valence-electron chi connectivity index (χ3n) is 1.35. The lowest BCUT2D eigenvalue weighted by Gasteiger charge is -2.09. The summed E-state index contributed by atoms with van der Waals surface area (Å²) in [5, 5.41) is 1.87. The lowest BCUT2D eigenvalue weighted by molar-refractivity contribution is -0.120. The van der Waals surface area contributed by atoms with Gasteiger partial charge in [0.1, 0.15) is 5.38 Å². The average Bonchev–Trinajstić information content (AvgIpc) is 1.95. The molecular weight excluding hydrogens is 214 g/mol. The number of amides is 1. The maximum Gasteiger partial charge on any atom is 0.492 e. The zero-order chi connectivity index (χ0) is 10.5. The zero-order valence-electron chi connectivity index (χ0n) is 7.33. The topological polar surface area (TPSA) is 89.8 Å². The number of nitrogens with one attached hydrogen (secondary N) is 1. The highest BCUT2D eigenvalue weighted by Crippen LogP contribution is 2.00. The maximum absolute atomic E-state index is 10.8. The first kappa shape index (κ1) is 12.9. The van der Waals surface area contributed by atoms with E-state index in [1.54, 1.807) is 6.92 Å². The summed E-state index contributed by atoms with van der Waals surface area (Å²) in [6, 6.07) is -0.0794. The standard InChI is InChI=1S/C6H14ClNO4Si/c1-5(7)6(9)8-3-2-4-13(10,11)12/h5,10-12H,2-4H2,1H3,(H,8,9). The van der Waals surface area contributed by atoms with Crippen molar-refractivity contribution in [3.63, 3.8) is 0 Å². The third-order valence-corrected chi connectivity index (χ3v) is 2.57. The minimum atomic E-state index is -3.94. The van der Waals surface area contributed by atoms with Gasteiger partial charge in [-0.05, 0) is 13.3 Å². The van der Waals surface area contributed by atoms with Crippen LogP contribution in [-0.2, 0) is 4.79 Å². The number of alkyl halides is 1. The second kappa shape index (κ2) is 5.56. The van der Waals surface area contributed by atoms with Crippen LogP contribution in [-0.4, -0.2) is 41.0 Å². The number of hydrogen-bond acceptors (Lipinski definition) is 4. The van der Waals surface area contributed by atoms with E-state index in [4.69, 9.17) is 26.0 Å². The molecule has 1 atom stereocenters. The number of carbonyl (C=O) groups excluding carboxylic acids is 1. The molecule has 78 valence electrons. The highest BCUT2D eigenvalue weighted by Gasteiger charge is 2.25. The average molecular weight is 228 g/mol. The van der Waals surface area contributed by atoms with Crippen molar-refractivity contribution in [2.45, 2.75) is 24.8 Å². The Balaban J connectivity index is 3.42. The fourth-order valence-electron chi connectivity index (χ4n) is 0.678. The maximum atomic E-state index is 10.8. The van der Waals surface area contributed by atoms with Gasteiger partial charge in [-0.2, -0.15) is 0 Å². The largest absolute Gasteiger partial charge is 0.492 e. The first-order valence-corrected chi connectivity index (χ1v) is 6.40. The molecule has 13 heavy (non-hydrogen) atoms. The van der Waals surface area contributed by atoms with Crippen LogP contribution in [0.1, 0.15) is 13.3 Å². The van der Waals surface area contributed by atoms with E-state index in [0.717, 1.165) is 0 Å². The Bertz CT molecular complexity index is 171. The van der Waals surface area contributed by atoms with Crippen LogP contribution in [0.5, 0.6) is 0 Å². The van der Waals surface area contributed by atoms with E-state index >= 15 is 0 Å². The van der Waals surface area contributed by atoms with Gasteiger partial charge in [0.2, 0.25) is 5.91 Å². The zero-order valence-corrected chi connectivity index (χ0v) is 9.08. The normalized spacial score (nSPS) is 13.9. The van der Waals surface area contributed by atoms with Crippen molar-refractivity contribution < 1.29 is 19.2 Å². The van der Waals surface area contributed by atoms with Gasteiger partial charge in [0.05, 0.1) is 0 Å². The summed E-state index contributed by atoms with van der Waals surface area (Å²) >= 11 is 5.45. The Labute approximate surface area is 82.7 Å². The number of halogens is 1. The van der Waals surface area contributed by atoms with Gasteiger partial charge in [-0.1, -0.05) is 0 Å². The third kappa shape index (κ3) is 8.19. The molecule has 0 aliphatic heterocycles. The molecule has 0 bridgehead atoms. The predicted molar refractivity (Wildman–Crippen MR) is 50.2 cm³/mol. The van der Waals surface area contributed by atoms with Gasteiger partial charge in [0, 0.05) is 12.6 Å². The van der Waals surface area contributed by atoms with Crippen molar-refractivity contribution in [1.29, 1.82) is 0 Å². The molecule has 5 nitrogen and oxygen atoms in total. The molecule has 1 amide bonds. The first-order chi connectivity index (χ1) is 5.83. The Morgan fingerprint density at radius 2 is 2.08 bits per heavy atom. The summed E-state index contributed by atoms with van der Waals surface area (Å²) in [5.41, 5.74) is 0. The Kier molecular flexibility index (Phi) is 5.50. The van der Waals surface area contributed by atoms with Gasteiger partial charge in [-0.15, -0.1) is 11.6 Å². The minimum Gasteiger partial charge on any atom is -0.390 e. The van der Waals surface area contributed by atoms with Gasteiger partial charge in [0.25, 0.3) is 0 Å². The second-order valence-corrected chi connectivity index (χ2v) is 5.49. The molecule has 0 aromatic heterocycles. The molecule has 1 unspecified atom stereocenters. The van der Waals surface area contributed by atoms with Crippen molar-refractivity contribution in [3.05, 3.63) is 0 Å². The smallest absolute Gasteiger partial charge is 0.390 e. The van der Waals surface area contributed by atoms with E-state index in [1.165, 1.54) is 0 Å². The van der Waals surface area contributed by atoms with Crippen LogP contribution in [0.2, 0.25) is 6.04 Å². The first-order valence-electron chi connectivity index (χ1n) is 3.92. The number of rotatable bonds is 5. The molecule has 0 saturated heterocycles. The molecule has 7 heteroatoms. The SMILES string of the molecule is CC(Cl)C(=O)NCCC[Si](O)(O)O. The number of carbonyl (C=O) groups is 1. The predicted octanol–water partition coefficient (Wildman–Crippen LogP) is -0.964. The Hall–Kier alpha value is -0.143. The lowest BCUT2D eigenvalue weighted by Crippen LogP contribution is -2.36. The fourth-order valence-corrected chi connectivity index (χ4v) is 1.41. The summed E-state index contributed by atoms with van der Waals surface area (Å²) in [7, 11) is -3.94. The van der Waals surface area contributed by atoms with E-state index in [-0.39, 0.29) is 18.5 Å². The molecule has 0 heterocycles.